The van der Waals surface area contributed by atoms with Crippen LogP contribution in [0, 0.1) is 5.92 Å². The number of carbonyl (C=O) groups excluding carboxylic acids is 2. The third-order valence-electron chi connectivity index (χ3n) is 4.44. The van der Waals surface area contributed by atoms with Crippen molar-refractivity contribution in [2.75, 3.05) is 32.7 Å². The number of benzene rings is 1. The molecule has 2 amide bonds. The fourth-order valence-electron chi connectivity index (χ4n) is 2.76. The Morgan fingerprint density at radius 2 is 2.00 bits per heavy atom. The Hall–Kier alpha value is -2.77. The molecule has 1 aromatic carbocycles. The second-order valence-electron chi connectivity index (χ2n) is 5.91. The van der Waals surface area contributed by atoms with Gasteiger partial charge >= 0.3 is 5.97 Å². The average Bonchev–Trinajstić information content (AvgIpc) is 3.00. The van der Waals surface area contributed by atoms with Gasteiger partial charge in [0.2, 0.25) is 11.8 Å². The van der Waals surface area contributed by atoms with Crippen molar-refractivity contribution in [1.82, 2.24) is 4.90 Å². The first kappa shape index (κ1) is 18.6. The number of hydrogen-bond donors (Lipinski definition) is 1. The predicted octanol–water partition coefficient (Wildman–Crippen LogP) is 0.988. The van der Waals surface area contributed by atoms with Crippen LogP contribution >= 0.6 is 0 Å². The number of aliphatic carboxylic acids is 1. The standard InChI is InChI=1S/C17H22N2O6/c1-10(17(22)23)18(2)16(21)11-7-15(20)19(9-11)13-6-5-12(24-3)8-14(13)25-4/h5-6,8,10-11H,7,9H2,1-4H3,(H,22,23). The van der Waals surface area contributed by atoms with E-state index in [0.717, 1.165) is 4.90 Å². The summed E-state index contributed by atoms with van der Waals surface area (Å²) in [6, 6.07) is 4.12. The van der Waals surface area contributed by atoms with E-state index in [4.69, 9.17) is 14.6 Å². The van der Waals surface area contributed by atoms with Crippen LogP contribution in [0.15, 0.2) is 18.2 Å². The van der Waals surface area contributed by atoms with Crippen molar-refractivity contribution in [3.63, 3.8) is 0 Å². The number of nitrogens with zero attached hydrogens (tertiary/aromatic N) is 2. The zero-order chi connectivity index (χ0) is 18.7. The Balaban J connectivity index is 2.20. The van der Waals surface area contributed by atoms with Crippen molar-refractivity contribution in [3.8, 4) is 11.5 Å². The van der Waals surface area contributed by atoms with Gasteiger partial charge in [0.15, 0.2) is 0 Å². The molecule has 0 radical (unpaired) electrons. The second kappa shape index (κ2) is 7.42. The molecule has 1 fully saturated rings. The van der Waals surface area contributed by atoms with E-state index in [2.05, 4.69) is 0 Å². The zero-order valence-electron chi connectivity index (χ0n) is 14.7. The Kier molecular flexibility index (Phi) is 5.51. The molecule has 8 heteroatoms. The Labute approximate surface area is 145 Å². The number of methoxy groups -OCH3 is 2. The number of anilines is 1. The molecule has 0 aromatic heterocycles. The van der Waals surface area contributed by atoms with Crippen LogP contribution in [0.2, 0.25) is 0 Å². The largest absolute Gasteiger partial charge is 0.497 e. The molecule has 25 heavy (non-hydrogen) atoms. The normalized spacial score (nSPS) is 18.0. The van der Waals surface area contributed by atoms with E-state index in [1.807, 2.05) is 0 Å². The van der Waals surface area contributed by atoms with E-state index in [1.165, 1.54) is 33.1 Å². The first-order valence-corrected chi connectivity index (χ1v) is 7.82. The smallest absolute Gasteiger partial charge is 0.326 e. The molecule has 1 N–H and O–H groups in total. The highest BCUT2D eigenvalue weighted by atomic mass is 16.5. The van der Waals surface area contributed by atoms with Gasteiger partial charge in [-0.05, 0) is 19.1 Å². The van der Waals surface area contributed by atoms with Gasteiger partial charge in [-0.25, -0.2) is 4.79 Å². The van der Waals surface area contributed by atoms with Crippen LogP contribution in [-0.2, 0) is 14.4 Å². The molecular formula is C17H22N2O6. The van der Waals surface area contributed by atoms with E-state index in [1.54, 1.807) is 18.2 Å². The van der Waals surface area contributed by atoms with E-state index in [9.17, 15) is 14.4 Å². The van der Waals surface area contributed by atoms with Crippen LogP contribution in [0.25, 0.3) is 0 Å². The van der Waals surface area contributed by atoms with Gasteiger partial charge in [0.05, 0.1) is 25.8 Å². The third-order valence-corrected chi connectivity index (χ3v) is 4.44. The highest BCUT2D eigenvalue weighted by molar-refractivity contribution is 6.01. The summed E-state index contributed by atoms with van der Waals surface area (Å²) in [5.41, 5.74) is 0.553. The maximum absolute atomic E-state index is 12.5. The Morgan fingerprint density at radius 3 is 2.56 bits per heavy atom. The molecule has 1 saturated heterocycles. The monoisotopic (exact) mass is 350 g/mol. The van der Waals surface area contributed by atoms with Gasteiger partial charge in [0.25, 0.3) is 0 Å². The van der Waals surface area contributed by atoms with Gasteiger partial charge in [0.1, 0.15) is 17.5 Å². The zero-order valence-corrected chi connectivity index (χ0v) is 14.7. The Morgan fingerprint density at radius 1 is 1.32 bits per heavy atom. The molecule has 2 atom stereocenters. The van der Waals surface area contributed by atoms with Crippen LogP contribution in [0.3, 0.4) is 0 Å². The first-order valence-electron chi connectivity index (χ1n) is 7.82. The summed E-state index contributed by atoms with van der Waals surface area (Å²) in [5.74, 6) is -1.20. The minimum Gasteiger partial charge on any atom is -0.497 e. The van der Waals surface area contributed by atoms with Crippen LogP contribution in [0.1, 0.15) is 13.3 Å². The van der Waals surface area contributed by atoms with Crippen molar-refractivity contribution < 1.29 is 29.0 Å². The number of carboxylic acids is 1. The van der Waals surface area contributed by atoms with Crippen LogP contribution < -0.4 is 14.4 Å². The lowest BCUT2D eigenvalue weighted by Crippen LogP contribution is -2.43. The van der Waals surface area contributed by atoms with Crippen molar-refractivity contribution in [1.29, 1.82) is 0 Å². The van der Waals surface area contributed by atoms with Gasteiger partial charge in [-0.15, -0.1) is 0 Å². The van der Waals surface area contributed by atoms with Crippen molar-refractivity contribution in [2.24, 2.45) is 5.92 Å². The molecule has 2 rings (SSSR count). The summed E-state index contributed by atoms with van der Waals surface area (Å²) in [4.78, 5) is 38.6. The van der Waals surface area contributed by atoms with Crippen molar-refractivity contribution in [2.45, 2.75) is 19.4 Å². The molecule has 1 aliphatic heterocycles. The van der Waals surface area contributed by atoms with E-state index < -0.39 is 17.9 Å². The van der Waals surface area contributed by atoms with Gasteiger partial charge < -0.3 is 24.4 Å². The molecule has 0 spiro atoms. The van der Waals surface area contributed by atoms with Crippen LogP contribution in [-0.4, -0.2) is 61.6 Å². The summed E-state index contributed by atoms with van der Waals surface area (Å²) >= 11 is 0. The maximum atomic E-state index is 12.5. The van der Waals surface area contributed by atoms with E-state index >= 15 is 0 Å². The minimum absolute atomic E-state index is 0.0324. The summed E-state index contributed by atoms with van der Waals surface area (Å²) in [6.07, 6.45) is 0.0324. The van der Waals surface area contributed by atoms with Crippen LogP contribution in [0.4, 0.5) is 5.69 Å². The summed E-state index contributed by atoms with van der Waals surface area (Å²) in [7, 11) is 4.45. The minimum atomic E-state index is -1.09. The lowest BCUT2D eigenvalue weighted by atomic mass is 10.1. The molecule has 0 aliphatic carbocycles. The average molecular weight is 350 g/mol. The predicted molar refractivity (Wildman–Crippen MR) is 89.9 cm³/mol. The number of likely N-dealkylation sites (N-methyl/N-ethyl adjacent to an activating group) is 1. The van der Waals surface area contributed by atoms with Crippen LogP contribution in [0.5, 0.6) is 11.5 Å². The van der Waals surface area contributed by atoms with Gasteiger partial charge in [-0.3, -0.25) is 9.59 Å². The SMILES string of the molecule is COc1ccc(N2CC(C(=O)N(C)C(C)C(=O)O)CC2=O)c(OC)c1. The Bertz CT molecular complexity index is 690. The number of carboxylic acid groups (broad SMARTS) is 1. The molecule has 1 aromatic rings. The van der Waals surface area contributed by atoms with Crippen molar-refractivity contribution in [3.05, 3.63) is 18.2 Å². The topological polar surface area (TPSA) is 96.4 Å². The molecule has 0 saturated carbocycles. The summed E-state index contributed by atoms with van der Waals surface area (Å²) < 4.78 is 10.5. The summed E-state index contributed by atoms with van der Waals surface area (Å²) in [5, 5.41) is 9.04. The lowest BCUT2D eigenvalue weighted by Gasteiger charge is -2.25. The quantitative estimate of drug-likeness (QED) is 0.822. The molecule has 1 heterocycles. The van der Waals surface area contributed by atoms with Gasteiger partial charge in [-0.1, -0.05) is 0 Å². The van der Waals surface area contributed by atoms with E-state index in [-0.39, 0.29) is 24.8 Å². The fraction of sp³-hybridized carbons (Fsp3) is 0.471. The number of hydrogen-bond acceptors (Lipinski definition) is 5. The maximum Gasteiger partial charge on any atom is 0.326 e. The molecule has 136 valence electrons. The number of carbonyl (C=O) groups is 3. The summed E-state index contributed by atoms with van der Waals surface area (Å²) in [6.45, 7) is 1.61. The first-order chi connectivity index (χ1) is 11.8. The molecule has 2 unspecified atom stereocenters. The van der Waals surface area contributed by atoms with Gasteiger partial charge in [-0.2, -0.15) is 0 Å². The lowest BCUT2D eigenvalue weighted by molar-refractivity contribution is -0.149. The number of ether oxygens (including phenoxy) is 2. The van der Waals surface area contributed by atoms with E-state index in [0.29, 0.717) is 17.2 Å². The molecule has 0 bridgehead atoms. The highest BCUT2D eigenvalue weighted by Crippen LogP contribution is 2.36. The second-order valence-corrected chi connectivity index (χ2v) is 5.91. The number of amides is 2. The van der Waals surface area contributed by atoms with Crippen molar-refractivity contribution >= 4 is 23.5 Å². The highest BCUT2D eigenvalue weighted by Gasteiger charge is 2.39. The molecule has 1 aliphatic rings. The number of rotatable bonds is 6. The molecule has 8 nitrogen and oxygen atoms in total. The van der Waals surface area contributed by atoms with Gasteiger partial charge in [0, 0.05) is 26.1 Å². The third kappa shape index (κ3) is 3.67. The molecular weight excluding hydrogens is 328 g/mol. The fourth-order valence-corrected chi connectivity index (χ4v) is 2.76.